The minimum Gasteiger partial charge on any atom is -0.484 e. The Morgan fingerprint density at radius 1 is 1.16 bits per heavy atom. The molecule has 0 bridgehead atoms. The first-order chi connectivity index (χ1) is 11.9. The van der Waals surface area contributed by atoms with Gasteiger partial charge < -0.3 is 10.1 Å². The quantitative estimate of drug-likeness (QED) is 0.842. The highest BCUT2D eigenvalue weighted by Crippen LogP contribution is 2.26. The average Bonchev–Trinajstić information content (AvgIpc) is 3.05. The molecule has 0 fully saturated rings. The van der Waals surface area contributed by atoms with E-state index in [1.54, 1.807) is 0 Å². The van der Waals surface area contributed by atoms with Crippen molar-refractivity contribution in [3.63, 3.8) is 0 Å². The van der Waals surface area contributed by atoms with Gasteiger partial charge in [-0.05, 0) is 80.0 Å². The van der Waals surface area contributed by atoms with Crippen molar-refractivity contribution in [3.8, 4) is 5.75 Å². The molecular formula is C21H24ClNO2. The predicted octanol–water partition coefficient (Wildman–Crippen LogP) is 4.70. The fraction of sp³-hybridized carbons (Fsp3) is 0.381. The zero-order valence-electron chi connectivity index (χ0n) is 15.0. The van der Waals surface area contributed by atoms with E-state index in [4.69, 9.17) is 16.3 Å². The molecule has 3 nitrogen and oxygen atoms in total. The third kappa shape index (κ3) is 4.16. The summed E-state index contributed by atoms with van der Waals surface area (Å²) in [4.78, 5) is 12.2. The van der Waals surface area contributed by atoms with Crippen LogP contribution in [0.2, 0.25) is 5.02 Å². The Bertz CT molecular complexity index is 777. The summed E-state index contributed by atoms with van der Waals surface area (Å²) in [7, 11) is 0. The molecule has 0 aromatic heterocycles. The fourth-order valence-corrected chi connectivity index (χ4v) is 3.48. The standard InChI is InChI=1S/C21H24ClNO2/c1-13-9-19(10-14(2)21(13)22)25-12-20(24)23-15(3)17-8-7-16-5-4-6-18(16)11-17/h7-11,15H,4-6,12H2,1-3H3,(H,23,24)/t15-/m0/s1. The van der Waals surface area contributed by atoms with Crippen LogP contribution >= 0.6 is 11.6 Å². The van der Waals surface area contributed by atoms with Crippen molar-refractivity contribution >= 4 is 17.5 Å². The highest BCUT2D eigenvalue weighted by Gasteiger charge is 2.15. The molecule has 0 aliphatic heterocycles. The van der Waals surface area contributed by atoms with Crippen LogP contribution in [0.4, 0.5) is 0 Å². The molecule has 0 spiro atoms. The highest BCUT2D eigenvalue weighted by molar-refractivity contribution is 6.32. The van der Waals surface area contributed by atoms with Gasteiger partial charge in [0, 0.05) is 5.02 Å². The number of hydrogen-bond acceptors (Lipinski definition) is 2. The minimum absolute atomic E-state index is 0.00417. The number of carbonyl (C=O) groups excluding carboxylic acids is 1. The van der Waals surface area contributed by atoms with Crippen molar-refractivity contribution < 1.29 is 9.53 Å². The van der Waals surface area contributed by atoms with E-state index < -0.39 is 0 Å². The van der Waals surface area contributed by atoms with Crippen LogP contribution in [0.25, 0.3) is 0 Å². The van der Waals surface area contributed by atoms with Gasteiger partial charge in [-0.15, -0.1) is 0 Å². The van der Waals surface area contributed by atoms with Crippen molar-refractivity contribution in [2.24, 2.45) is 0 Å². The number of rotatable bonds is 5. The summed E-state index contributed by atoms with van der Waals surface area (Å²) in [5, 5.41) is 3.75. The Morgan fingerprint density at radius 2 is 1.84 bits per heavy atom. The highest BCUT2D eigenvalue weighted by atomic mass is 35.5. The van der Waals surface area contributed by atoms with E-state index >= 15 is 0 Å². The molecule has 0 saturated heterocycles. The number of amides is 1. The van der Waals surface area contributed by atoms with Crippen molar-refractivity contribution in [1.29, 1.82) is 0 Å². The zero-order valence-corrected chi connectivity index (χ0v) is 15.7. The number of halogens is 1. The van der Waals surface area contributed by atoms with Gasteiger partial charge in [-0.3, -0.25) is 4.79 Å². The first-order valence-electron chi connectivity index (χ1n) is 8.74. The van der Waals surface area contributed by atoms with Crippen molar-refractivity contribution in [1.82, 2.24) is 5.32 Å². The van der Waals surface area contributed by atoms with Gasteiger partial charge in [0.25, 0.3) is 5.91 Å². The maximum absolute atomic E-state index is 12.2. The Hall–Kier alpha value is -2.00. The summed E-state index contributed by atoms with van der Waals surface area (Å²) in [6.07, 6.45) is 3.54. The van der Waals surface area contributed by atoms with Crippen LogP contribution in [0.3, 0.4) is 0 Å². The Balaban J connectivity index is 1.57. The number of fused-ring (bicyclic) bond motifs is 1. The molecule has 0 saturated carbocycles. The van der Waals surface area contributed by atoms with Crippen LogP contribution in [0.15, 0.2) is 30.3 Å². The Morgan fingerprint density at radius 3 is 2.56 bits per heavy atom. The molecule has 0 radical (unpaired) electrons. The normalized spacial score (nSPS) is 14.1. The molecule has 132 valence electrons. The van der Waals surface area contributed by atoms with E-state index in [0.717, 1.165) is 28.1 Å². The van der Waals surface area contributed by atoms with E-state index in [2.05, 4.69) is 23.5 Å². The topological polar surface area (TPSA) is 38.3 Å². The lowest BCUT2D eigenvalue weighted by molar-refractivity contribution is -0.123. The lowest BCUT2D eigenvalue weighted by atomic mass is 10.0. The van der Waals surface area contributed by atoms with Gasteiger partial charge in [-0.2, -0.15) is 0 Å². The maximum atomic E-state index is 12.2. The number of benzene rings is 2. The molecule has 1 atom stereocenters. The molecule has 25 heavy (non-hydrogen) atoms. The van der Waals surface area contributed by atoms with E-state index in [-0.39, 0.29) is 18.6 Å². The summed E-state index contributed by atoms with van der Waals surface area (Å²) in [6, 6.07) is 10.2. The monoisotopic (exact) mass is 357 g/mol. The third-order valence-electron chi connectivity index (χ3n) is 4.78. The summed E-state index contributed by atoms with van der Waals surface area (Å²) < 4.78 is 5.62. The largest absolute Gasteiger partial charge is 0.484 e. The molecule has 1 N–H and O–H groups in total. The van der Waals surface area contributed by atoms with Crippen LogP contribution in [0.5, 0.6) is 5.75 Å². The van der Waals surface area contributed by atoms with Crippen LogP contribution in [0, 0.1) is 13.8 Å². The second kappa shape index (κ2) is 7.49. The number of hydrogen-bond donors (Lipinski definition) is 1. The molecule has 2 aromatic rings. The molecule has 2 aromatic carbocycles. The lowest BCUT2D eigenvalue weighted by Crippen LogP contribution is -2.31. The van der Waals surface area contributed by atoms with Gasteiger partial charge in [0.15, 0.2) is 6.61 Å². The predicted molar refractivity (Wildman–Crippen MR) is 101 cm³/mol. The van der Waals surface area contributed by atoms with Crippen LogP contribution < -0.4 is 10.1 Å². The second-order valence-electron chi connectivity index (χ2n) is 6.83. The van der Waals surface area contributed by atoms with Gasteiger partial charge in [-0.1, -0.05) is 29.8 Å². The summed E-state index contributed by atoms with van der Waals surface area (Å²) in [6.45, 7) is 5.86. The molecule has 1 amide bonds. The van der Waals surface area contributed by atoms with E-state index in [0.29, 0.717) is 5.75 Å². The summed E-state index contributed by atoms with van der Waals surface area (Å²) in [5.41, 5.74) is 5.90. The maximum Gasteiger partial charge on any atom is 0.258 e. The van der Waals surface area contributed by atoms with Gasteiger partial charge in [-0.25, -0.2) is 0 Å². The second-order valence-corrected chi connectivity index (χ2v) is 7.21. The summed E-state index contributed by atoms with van der Waals surface area (Å²) in [5.74, 6) is 0.540. The Labute approximate surface area is 154 Å². The minimum atomic E-state index is -0.127. The molecule has 0 heterocycles. The molecule has 0 unspecified atom stereocenters. The van der Waals surface area contributed by atoms with Crippen LogP contribution in [-0.4, -0.2) is 12.5 Å². The number of aryl methyl sites for hydroxylation is 4. The van der Waals surface area contributed by atoms with Gasteiger partial charge in [0.05, 0.1) is 6.04 Å². The number of ether oxygens (including phenoxy) is 1. The molecule has 1 aliphatic rings. The lowest BCUT2D eigenvalue weighted by Gasteiger charge is -2.16. The van der Waals surface area contributed by atoms with Crippen molar-refractivity contribution in [2.45, 2.75) is 46.1 Å². The number of nitrogens with one attached hydrogen (secondary N) is 1. The van der Waals surface area contributed by atoms with Crippen molar-refractivity contribution in [3.05, 3.63) is 63.2 Å². The Kier molecular flexibility index (Phi) is 5.33. The average molecular weight is 358 g/mol. The van der Waals surface area contributed by atoms with Crippen LogP contribution in [0.1, 0.15) is 47.2 Å². The van der Waals surface area contributed by atoms with Gasteiger partial charge in [0.2, 0.25) is 0 Å². The fourth-order valence-electron chi connectivity index (χ4n) is 3.37. The summed E-state index contributed by atoms with van der Waals surface area (Å²) >= 11 is 6.15. The van der Waals surface area contributed by atoms with E-state index in [1.807, 2.05) is 32.9 Å². The molecule has 3 rings (SSSR count). The molecule has 4 heteroatoms. The zero-order chi connectivity index (χ0) is 18.0. The smallest absolute Gasteiger partial charge is 0.258 e. The first kappa shape index (κ1) is 17.8. The van der Waals surface area contributed by atoms with Gasteiger partial charge in [0.1, 0.15) is 5.75 Å². The third-order valence-corrected chi connectivity index (χ3v) is 5.38. The van der Waals surface area contributed by atoms with Crippen molar-refractivity contribution in [2.75, 3.05) is 6.61 Å². The molecular weight excluding hydrogens is 334 g/mol. The van der Waals surface area contributed by atoms with Gasteiger partial charge >= 0.3 is 0 Å². The molecule has 1 aliphatic carbocycles. The first-order valence-corrected chi connectivity index (χ1v) is 9.12. The van der Waals surface area contributed by atoms with E-state index in [1.165, 1.54) is 24.0 Å². The SMILES string of the molecule is Cc1cc(OCC(=O)N[C@@H](C)c2ccc3c(c2)CCC3)cc(C)c1Cl. The number of carbonyl (C=O) groups is 1. The van der Waals surface area contributed by atoms with E-state index in [9.17, 15) is 4.79 Å². The van der Waals surface area contributed by atoms with Crippen LogP contribution in [-0.2, 0) is 17.6 Å².